The molecule has 2 aromatic carbocycles. The Hall–Kier alpha value is -2.00. The van der Waals surface area contributed by atoms with Gasteiger partial charge in [-0.3, -0.25) is 0 Å². The van der Waals surface area contributed by atoms with Gasteiger partial charge in [0.25, 0.3) is 0 Å². The van der Waals surface area contributed by atoms with E-state index in [0.717, 1.165) is 28.1 Å². The van der Waals surface area contributed by atoms with Crippen molar-refractivity contribution in [1.82, 2.24) is 0 Å². The van der Waals surface area contributed by atoms with E-state index in [1.807, 2.05) is 36.4 Å². The number of hydrogen-bond donors (Lipinski definition) is 1. The quantitative estimate of drug-likeness (QED) is 0.871. The minimum absolute atomic E-state index is 0.157. The Morgan fingerprint density at radius 1 is 1.18 bits per heavy atom. The summed E-state index contributed by atoms with van der Waals surface area (Å²) >= 11 is 5.94. The number of primary amides is 1. The highest BCUT2D eigenvalue weighted by atomic mass is 35.5. The molecule has 0 radical (unpaired) electrons. The van der Waals surface area contributed by atoms with E-state index >= 15 is 0 Å². The molecule has 0 heterocycles. The van der Waals surface area contributed by atoms with Crippen LogP contribution in [0.3, 0.4) is 0 Å². The average molecular weight is 316 g/mol. The predicted molar refractivity (Wildman–Crippen MR) is 87.8 cm³/mol. The summed E-state index contributed by atoms with van der Waals surface area (Å²) < 4.78 is 5.34. The minimum atomic E-state index is -0.729. The Morgan fingerprint density at radius 3 is 2.45 bits per heavy atom. The number of rotatable bonds is 2. The summed E-state index contributed by atoms with van der Waals surface area (Å²) in [6.07, 6.45) is -0.172. The van der Waals surface area contributed by atoms with Gasteiger partial charge in [-0.1, -0.05) is 55.8 Å². The fraction of sp³-hybridized carbons (Fsp3) is 0.278. The molecule has 22 heavy (non-hydrogen) atoms. The molecule has 1 amide bonds. The van der Waals surface area contributed by atoms with Crippen LogP contribution in [-0.2, 0) is 11.2 Å². The maximum atomic E-state index is 11.2. The molecule has 0 bridgehead atoms. The molecule has 2 aromatic rings. The highest BCUT2D eigenvalue weighted by Gasteiger charge is 2.41. The van der Waals surface area contributed by atoms with Crippen LogP contribution < -0.4 is 5.73 Å². The molecular formula is C18H18ClNO2. The number of benzene rings is 2. The zero-order valence-electron chi connectivity index (χ0n) is 12.6. The first-order valence-electron chi connectivity index (χ1n) is 7.22. The summed E-state index contributed by atoms with van der Waals surface area (Å²) in [6.45, 7) is 4.17. The van der Waals surface area contributed by atoms with Crippen LogP contribution in [0, 0.1) is 5.41 Å². The summed E-state index contributed by atoms with van der Waals surface area (Å²) in [4.78, 5) is 11.2. The summed E-state index contributed by atoms with van der Waals surface area (Å²) in [6, 6.07) is 14.0. The molecular weight excluding hydrogens is 298 g/mol. The van der Waals surface area contributed by atoms with E-state index in [2.05, 4.69) is 19.9 Å². The van der Waals surface area contributed by atoms with Crippen molar-refractivity contribution in [1.29, 1.82) is 0 Å². The number of amides is 1. The molecule has 2 N–H and O–H groups in total. The van der Waals surface area contributed by atoms with Gasteiger partial charge in [-0.05, 0) is 40.8 Å². The number of halogens is 1. The number of hydrogen-bond acceptors (Lipinski definition) is 2. The van der Waals surface area contributed by atoms with Crippen LogP contribution in [0.2, 0.25) is 5.02 Å². The highest BCUT2D eigenvalue weighted by molar-refractivity contribution is 6.30. The molecule has 1 atom stereocenters. The van der Waals surface area contributed by atoms with Gasteiger partial charge in [0.1, 0.15) is 6.10 Å². The van der Waals surface area contributed by atoms with Gasteiger partial charge in [-0.15, -0.1) is 0 Å². The second kappa shape index (κ2) is 5.33. The molecule has 3 rings (SSSR count). The second-order valence-electron chi connectivity index (χ2n) is 6.40. The van der Waals surface area contributed by atoms with Gasteiger partial charge >= 0.3 is 6.09 Å². The number of carbonyl (C=O) groups is 1. The van der Waals surface area contributed by atoms with Gasteiger partial charge in [0.2, 0.25) is 0 Å². The average Bonchev–Trinajstić information content (AvgIpc) is 2.69. The first-order valence-corrected chi connectivity index (χ1v) is 7.59. The maximum Gasteiger partial charge on any atom is 0.405 e. The maximum absolute atomic E-state index is 11.2. The lowest BCUT2D eigenvalue weighted by molar-refractivity contribution is 0.0392. The molecule has 0 fully saturated rings. The molecule has 0 aromatic heterocycles. The molecule has 1 aliphatic rings. The first kappa shape index (κ1) is 14.9. The van der Waals surface area contributed by atoms with Gasteiger partial charge in [0.05, 0.1) is 0 Å². The molecule has 3 nitrogen and oxygen atoms in total. The standard InChI is InChI=1S/C18H18ClNO2/c1-18(2)10-13-9-12(11-3-6-14(19)7-4-11)5-8-15(13)16(18)22-17(20)21/h3-9,16H,10H2,1-2H3,(H2,20,21). The molecule has 0 saturated carbocycles. The van der Waals surface area contributed by atoms with Crippen molar-refractivity contribution in [2.75, 3.05) is 0 Å². The number of ether oxygens (including phenoxy) is 1. The van der Waals surface area contributed by atoms with Gasteiger partial charge < -0.3 is 10.5 Å². The van der Waals surface area contributed by atoms with Crippen molar-refractivity contribution in [3.05, 3.63) is 58.6 Å². The number of fused-ring (bicyclic) bond motifs is 1. The third kappa shape index (κ3) is 2.69. The van der Waals surface area contributed by atoms with Crippen LogP contribution >= 0.6 is 11.6 Å². The zero-order valence-corrected chi connectivity index (χ0v) is 13.4. The van der Waals surface area contributed by atoms with Crippen LogP contribution in [0.1, 0.15) is 31.1 Å². The minimum Gasteiger partial charge on any atom is -0.441 e. The lowest BCUT2D eigenvalue weighted by Crippen LogP contribution is -2.25. The highest BCUT2D eigenvalue weighted by Crippen LogP contribution is 2.48. The number of nitrogens with two attached hydrogens (primary N) is 1. The van der Waals surface area contributed by atoms with Crippen molar-refractivity contribution in [2.24, 2.45) is 11.1 Å². The van der Waals surface area contributed by atoms with Crippen LogP contribution in [-0.4, -0.2) is 6.09 Å². The Bertz CT molecular complexity index is 722. The summed E-state index contributed by atoms with van der Waals surface area (Å²) in [7, 11) is 0. The zero-order chi connectivity index (χ0) is 15.9. The van der Waals surface area contributed by atoms with E-state index in [1.54, 1.807) is 0 Å². The Balaban J connectivity index is 1.99. The van der Waals surface area contributed by atoms with Crippen molar-refractivity contribution in [3.8, 4) is 11.1 Å². The van der Waals surface area contributed by atoms with Crippen molar-refractivity contribution in [2.45, 2.75) is 26.4 Å². The van der Waals surface area contributed by atoms with Crippen LogP contribution in [0.5, 0.6) is 0 Å². The lowest BCUT2D eigenvalue weighted by Gasteiger charge is -2.26. The van der Waals surface area contributed by atoms with Crippen molar-refractivity contribution in [3.63, 3.8) is 0 Å². The van der Waals surface area contributed by atoms with Crippen LogP contribution in [0.25, 0.3) is 11.1 Å². The van der Waals surface area contributed by atoms with Crippen LogP contribution in [0.4, 0.5) is 4.79 Å². The van der Waals surface area contributed by atoms with E-state index in [9.17, 15) is 4.79 Å². The molecule has 1 aliphatic carbocycles. The normalized spacial score (nSPS) is 18.8. The van der Waals surface area contributed by atoms with E-state index in [4.69, 9.17) is 22.1 Å². The van der Waals surface area contributed by atoms with E-state index < -0.39 is 6.09 Å². The van der Waals surface area contributed by atoms with E-state index in [1.165, 1.54) is 5.56 Å². The van der Waals surface area contributed by atoms with Gasteiger partial charge in [-0.2, -0.15) is 0 Å². The first-order chi connectivity index (χ1) is 10.4. The van der Waals surface area contributed by atoms with E-state index in [0.29, 0.717) is 0 Å². The third-order valence-electron chi connectivity index (χ3n) is 4.19. The predicted octanol–water partition coefficient (Wildman–Crippen LogP) is 4.73. The van der Waals surface area contributed by atoms with Gasteiger partial charge in [0, 0.05) is 10.4 Å². The smallest absolute Gasteiger partial charge is 0.405 e. The number of carbonyl (C=O) groups excluding carboxylic acids is 1. The third-order valence-corrected chi connectivity index (χ3v) is 4.44. The Morgan fingerprint density at radius 2 is 1.82 bits per heavy atom. The molecule has 1 unspecified atom stereocenters. The van der Waals surface area contributed by atoms with Gasteiger partial charge in [0.15, 0.2) is 0 Å². The topological polar surface area (TPSA) is 52.3 Å². The monoisotopic (exact) mass is 315 g/mol. The summed E-state index contributed by atoms with van der Waals surface area (Å²) in [5, 5.41) is 0.723. The summed E-state index contributed by atoms with van der Waals surface area (Å²) in [5.74, 6) is 0. The fourth-order valence-corrected chi connectivity index (χ4v) is 3.31. The molecule has 0 aliphatic heterocycles. The molecule has 0 spiro atoms. The van der Waals surface area contributed by atoms with Crippen LogP contribution in [0.15, 0.2) is 42.5 Å². The molecule has 114 valence electrons. The van der Waals surface area contributed by atoms with Crippen molar-refractivity contribution >= 4 is 17.7 Å². The SMILES string of the molecule is CC1(C)Cc2cc(-c3ccc(Cl)cc3)ccc2C1OC(N)=O. The fourth-order valence-electron chi connectivity index (χ4n) is 3.18. The lowest BCUT2D eigenvalue weighted by atomic mass is 9.87. The summed E-state index contributed by atoms with van der Waals surface area (Å²) in [5.41, 5.74) is 9.54. The van der Waals surface area contributed by atoms with Crippen molar-refractivity contribution < 1.29 is 9.53 Å². The Kier molecular flexibility index (Phi) is 3.61. The largest absolute Gasteiger partial charge is 0.441 e. The Labute approximate surface area is 135 Å². The second-order valence-corrected chi connectivity index (χ2v) is 6.84. The molecule has 0 saturated heterocycles. The molecule has 4 heteroatoms. The van der Waals surface area contributed by atoms with E-state index in [-0.39, 0.29) is 11.5 Å². The van der Waals surface area contributed by atoms with Gasteiger partial charge in [-0.25, -0.2) is 4.79 Å².